The second-order valence-electron chi connectivity index (χ2n) is 6.53. The summed E-state index contributed by atoms with van der Waals surface area (Å²) in [5.74, 6) is 0.899. The van der Waals surface area contributed by atoms with Gasteiger partial charge in [-0.2, -0.15) is 4.98 Å². The van der Waals surface area contributed by atoms with Gasteiger partial charge < -0.3 is 16.4 Å². The van der Waals surface area contributed by atoms with Gasteiger partial charge in [0.05, 0.1) is 5.52 Å². The zero-order valence-electron chi connectivity index (χ0n) is 14.8. The summed E-state index contributed by atoms with van der Waals surface area (Å²) in [6.45, 7) is 4.07. The molecule has 7 heteroatoms. The molecule has 0 spiro atoms. The van der Waals surface area contributed by atoms with E-state index in [1.165, 1.54) is 0 Å². The Morgan fingerprint density at radius 3 is 2.77 bits per heavy atom. The third-order valence-electron chi connectivity index (χ3n) is 3.88. The maximum Gasteiger partial charge on any atom is 0.240 e. The number of carbonyl (C=O) groups excluding carboxylic acids is 1. The lowest BCUT2D eigenvalue weighted by Gasteiger charge is -2.17. The summed E-state index contributed by atoms with van der Waals surface area (Å²) in [7, 11) is 0. The van der Waals surface area contributed by atoms with Crippen LogP contribution in [0.15, 0.2) is 48.8 Å². The smallest absolute Gasteiger partial charge is 0.240 e. The third kappa shape index (κ3) is 4.44. The van der Waals surface area contributed by atoms with Crippen LogP contribution < -0.4 is 16.4 Å². The number of aromatic nitrogens is 3. The molecule has 7 nitrogen and oxygen atoms in total. The van der Waals surface area contributed by atoms with Crippen LogP contribution in [0.5, 0.6) is 0 Å². The second-order valence-corrected chi connectivity index (χ2v) is 6.53. The molecular weight excluding hydrogens is 328 g/mol. The number of hydrogen-bond acceptors (Lipinski definition) is 6. The molecule has 1 aromatic carbocycles. The number of primary amides is 1. The summed E-state index contributed by atoms with van der Waals surface area (Å²) >= 11 is 0. The van der Waals surface area contributed by atoms with Gasteiger partial charge in [-0.1, -0.05) is 19.9 Å². The second kappa shape index (κ2) is 7.77. The van der Waals surface area contributed by atoms with Crippen LogP contribution in [0.2, 0.25) is 0 Å². The Morgan fingerprint density at radius 2 is 2.00 bits per heavy atom. The minimum Gasteiger partial charge on any atom is -0.368 e. The zero-order chi connectivity index (χ0) is 18.5. The van der Waals surface area contributed by atoms with E-state index >= 15 is 0 Å². The first-order chi connectivity index (χ1) is 12.5. The van der Waals surface area contributed by atoms with E-state index in [0.29, 0.717) is 24.1 Å². The number of benzene rings is 1. The number of pyridine rings is 1. The van der Waals surface area contributed by atoms with Gasteiger partial charge in [0.2, 0.25) is 11.9 Å². The van der Waals surface area contributed by atoms with Crippen molar-refractivity contribution in [3.63, 3.8) is 0 Å². The highest BCUT2D eigenvalue weighted by atomic mass is 16.1. The van der Waals surface area contributed by atoms with E-state index < -0.39 is 11.9 Å². The fourth-order valence-corrected chi connectivity index (χ4v) is 2.67. The average molecular weight is 350 g/mol. The van der Waals surface area contributed by atoms with E-state index in [1.807, 2.05) is 44.2 Å². The molecule has 0 radical (unpaired) electrons. The molecule has 0 saturated heterocycles. The number of carbonyl (C=O) groups is 1. The van der Waals surface area contributed by atoms with Crippen molar-refractivity contribution < 1.29 is 4.79 Å². The van der Waals surface area contributed by atoms with Crippen molar-refractivity contribution in [1.82, 2.24) is 15.0 Å². The quantitative estimate of drug-likeness (QED) is 0.605. The number of nitrogens with zero attached hydrogens (tertiary/aromatic N) is 3. The molecule has 4 N–H and O–H groups in total. The number of anilines is 3. The van der Waals surface area contributed by atoms with Gasteiger partial charge in [-0.15, -0.1) is 0 Å². The number of amides is 1. The lowest BCUT2D eigenvalue weighted by Crippen LogP contribution is -2.37. The van der Waals surface area contributed by atoms with E-state index in [9.17, 15) is 4.79 Å². The van der Waals surface area contributed by atoms with E-state index in [4.69, 9.17) is 5.73 Å². The van der Waals surface area contributed by atoms with Gasteiger partial charge in [-0.05, 0) is 42.7 Å². The maximum absolute atomic E-state index is 11.6. The molecule has 26 heavy (non-hydrogen) atoms. The summed E-state index contributed by atoms with van der Waals surface area (Å²) in [6, 6.07) is 11.1. The standard InChI is InChI=1S/C19H22N6O/c1-12(2)10-16(18(20)26)24-19-22-9-7-17(25-19)23-14-5-6-15-13(11-14)4-3-8-21-15/h3-9,11-12,16H,10H2,1-2H3,(H2,20,26)(H2,22,23,24,25)/t16-/m1/s1. The molecule has 3 rings (SSSR count). The van der Waals surface area contributed by atoms with Crippen molar-refractivity contribution in [3.05, 3.63) is 48.8 Å². The Labute approximate surface area is 152 Å². The number of fused-ring (bicyclic) bond motifs is 1. The van der Waals surface area contributed by atoms with Gasteiger partial charge in [-0.3, -0.25) is 9.78 Å². The minimum absolute atomic E-state index is 0.326. The lowest BCUT2D eigenvalue weighted by atomic mass is 10.0. The number of nitrogens with one attached hydrogen (secondary N) is 2. The first-order valence-corrected chi connectivity index (χ1v) is 8.52. The maximum atomic E-state index is 11.6. The molecule has 0 aliphatic carbocycles. The Bertz CT molecular complexity index is 911. The van der Waals surface area contributed by atoms with Gasteiger partial charge in [0.1, 0.15) is 11.9 Å². The van der Waals surface area contributed by atoms with Crippen molar-refractivity contribution in [3.8, 4) is 0 Å². The van der Waals surface area contributed by atoms with Gasteiger partial charge in [0.25, 0.3) is 0 Å². The van der Waals surface area contributed by atoms with E-state index in [-0.39, 0.29) is 0 Å². The lowest BCUT2D eigenvalue weighted by molar-refractivity contribution is -0.119. The van der Waals surface area contributed by atoms with Gasteiger partial charge in [-0.25, -0.2) is 4.98 Å². The van der Waals surface area contributed by atoms with Crippen LogP contribution in [0.25, 0.3) is 10.9 Å². The molecule has 134 valence electrons. The Morgan fingerprint density at radius 1 is 1.15 bits per heavy atom. The molecule has 1 amide bonds. The van der Waals surface area contributed by atoms with Crippen LogP contribution in [-0.2, 0) is 4.79 Å². The van der Waals surface area contributed by atoms with Crippen molar-refractivity contribution in [1.29, 1.82) is 0 Å². The highest BCUT2D eigenvalue weighted by molar-refractivity contribution is 5.83. The Hall–Kier alpha value is -3.22. The Kier molecular flexibility index (Phi) is 5.26. The average Bonchev–Trinajstić information content (AvgIpc) is 2.61. The Balaban J connectivity index is 1.76. The highest BCUT2D eigenvalue weighted by Gasteiger charge is 2.17. The van der Waals surface area contributed by atoms with Crippen molar-refractivity contribution in [2.45, 2.75) is 26.3 Å². The topological polar surface area (TPSA) is 106 Å². The number of rotatable bonds is 7. The summed E-state index contributed by atoms with van der Waals surface area (Å²) < 4.78 is 0. The third-order valence-corrected chi connectivity index (χ3v) is 3.88. The van der Waals surface area contributed by atoms with Crippen LogP contribution >= 0.6 is 0 Å². The summed E-state index contributed by atoms with van der Waals surface area (Å²) in [6.07, 6.45) is 4.02. The SMILES string of the molecule is CC(C)C[C@@H](Nc1nccc(Nc2ccc3ncccc3c2)n1)C(N)=O. The van der Waals surface area contributed by atoms with Crippen molar-refractivity contribution in [2.24, 2.45) is 11.7 Å². The molecule has 0 saturated carbocycles. The van der Waals surface area contributed by atoms with Crippen LogP contribution in [0, 0.1) is 5.92 Å². The number of hydrogen-bond donors (Lipinski definition) is 3. The summed E-state index contributed by atoms with van der Waals surface area (Å²) in [4.78, 5) is 24.5. The molecule has 0 unspecified atom stereocenters. The first kappa shape index (κ1) is 17.6. The van der Waals surface area contributed by atoms with Crippen LogP contribution in [-0.4, -0.2) is 26.9 Å². The van der Waals surface area contributed by atoms with Crippen molar-refractivity contribution >= 4 is 34.3 Å². The highest BCUT2D eigenvalue weighted by Crippen LogP contribution is 2.20. The minimum atomic E-state index is -0.503. The largest absolute Gasteiger partial charge is 0.368 e. The molecule has 2 aromatic heterocycles. The van der Waals surface area contributed by atoms with E-state index in [2.05, 4.69) is 25.6 Å². The summed E-state index contributed by atoms with van der Waals surface area (Å²) in [5, 5.41) is 7.30. The zero-order valence-corrected chi connectivity index (χ0v) is 14.8. The van der Waals surface area contributed by atoms with Gasteiger partial charge in [0.15, 0.2) is 0 Å². The molecule has 0 bridgehead atoms. The molecule has 3 aromatic rings. The van der Waals surface area contributed by atoms with Gasteiger partial charge in [0, 0.05) is 23.5 Å². The molecule has 1 atom stereocenters. The van der Waals surface area contributed by atoms with Crippen LogP contribution in [0.1, 0.15) is 20.3 Å². The normalized spacial score (nSPS) is 12.1. The molecule has 0 aliphatic rings. The van der Waals surface area contributed by atoms with Crippen LogP contribution in [0.3, 0.4) is 0 Å². The first-order valence-electron chi connectivity index (χ1n) is 8.52. The van der Waals surface area contributed by atoms with Gasteiger partial charge >= 0.3 is 0 Å². The predicted octanol–water partition coefficient (Wildman–Crippen LogP) is 3.08. The number of nitrogens with two attached hydrogens (primary N) is 1. The van der Waals surface area contributed by atoms with Crippen molar-refractivity contribution in [2.75, 3.05) is 10.6 Å². The molecule has 2 heterocycles. The monoisotopic (exact) mass is 350 g/mol. The van der Waals surface area contributed by atoms with E-state index in [1.54, 1.807) is 18.5 Å². The van der Waals surface area contributed by atoms with E-state index in [0.717, 1.165) is 16.6 Å². The fourth-order valence-electron chi connectivity index (χ4n) is 2.67. The molecule has 0 fully saturated rings. The van der Waals surface area contributed by atoms with Crippen LogP contribution in [0.4, 0.5) is 17.5 Å². The predicted molar refractivity (Wildman–Crippen MR) is 103 cm³/mol. The molecule has 0 aliphatic heterocycles. The summed E-state index contributed by atoms with van der Waals surface area (Å²) in [5.41, 5.74) is 7.29. The molecular formula is C19H22N6O. The fraction of sp³-hybridized carbons (Fsp3) is 0.263.